The summed E-state index contributed by atoms with van der Waals surface area (Å²) in [6, 6.07) is 8.01. The third kappa shape index (κ3) is 5.76. The van der Waals surface area contributed by atoms with E-state index in [4.69, 9.17) is 9.47 Å². The van der Waals surface area contributed by atoms with Crippen LogP contribution in [0.3, 0.4) is 0 Å². The Bertz CT molecular complexity index is 424. The maximum absolute atomic E-state index is 11.3. The van der Waals surface area contributed by atoms with Gasteiger partial charge in [-0.25, -0.2) is 0 Å². The van der Waals surface area contributed by atoms with Crippen molar-refractivity contribution in [3.63, 3.8) is 0 Å². The van der Waals surface area contributed by atoms with E-state index in [-0.39, 0.29) is 5.97 Å². The lowest BCUT2D eigenvalue weighted by Crippen LogP contribution is -2.33. The van der Waals surface area contributed by atoms with Gasteiger partial charge in [-0.2, -0.15) is 0 Å². The monoisotopic (exact) mass is 291 g/mol. The molecule has 0 saturated carbocycles. The van der Waals surface area contributed by atoms with Gasteiger partial charge in [-0.1, -0.05) is 12.1 Å². The molecule has 0 aliphatic carbocycles. The van der Waals surface area contributed by atoms with Crippen LogP contribution in [0.2, 0.25) is 0 Å². The molecule has 1 heterocycles. The zero-order chi connectivity index (χ0) is 14.9. The van der Waals surface area contributed by atoms with Gasteiger partial charge in [0.2, 0.25) is 0 Å². The number of aryl methyl sites for hydroxylation is 1. The Morgan fingerprint density at radius 3 is 2.81 bits per heavy atom. The van der Waals surface area contributed by atoms with E-state index >= 15 is 0 Å². The van der Waals surface area contributed by atoms with Crippen LogP contribution in [0.15, 0.2) is 24.3 Å². The van der Waals surface area contributed by atoms with Gasteiger partial charge in [0, 0.05) is 18.9 Å². The second-order valence-electron chi connectivity index (χ2n) is 5.47. The molecule has 0 bridgehead atoms. The number of hydrogen-bond donors (Lipinski definition) is 1. The number of rotatable bonds is 7. The Hall–Kier alpha value is -1.55. The van der Waals surface area contributed by atoms with Crippen molar-refractivity contribution in [1.29, 1.82) is 0 Å². The van der Waals surface area contributed by atoms with Crippen molar-refractivity contribution in [2.75, 3.05) is 26.3 Å². The van der Waals surface area contributed by atoms with Crippen molar-refractivity contribution in [1.82, 2.24) is 5.32 Å². The second kappa shape index (κ2) is 8.67. The van der Waals surface area contributed by atoms with Gasteiger partial charge < -0.3 is 14.8 Å². The maximum atomic E-state index is 11.3. The van der Waals surface area contributed by atoms with E-state index in [1.54, 1.807) is 0 Å². The van der Waals surface area contributed by atoms with E-state index in [2.05, 4.69) is 5.32 Å². The van der Waals surface area contributed by atoms with Gasteiger partial charge in [0.15, 0.2) is 0 Å². The highest BCUT2D eigenvalue weighted by Crippen LogP contribution is 2.16. The summed E-state index contributed by atoms with van der Waals surface area (Å²) < 4.78 is 10.8. The quantitative estimate of drug-likeness (QED) is 0.784. The minimum absolute atomic E-state index is 0.136. The van der Waals surface area contributed by atoms with Crippen molar-refractivity contribution in [3.8, 4) is 5.75 Å². The molecule has 1 aromatic rings. The van der Waals surface area contributed by atoms with Crippen LogP contribution >= 0.6 is 0 Å². The molecule has 1 atom stereocenters. The van der Waals surface area contributed by atoms with Crippen LogP contribution < -0.4 is 10.1 Å². The van der Waals surface area contributed by atoms with Crippen LogP contribution in [0.25, 0.3) is 0 Å². The Morgan fingerprint density at radius 1 is 1.33 bits per heavy atom. The van der Waals surface area contributed by atoms with E-state index in [0.29, 0.717) is 25.4 Å². The van der Waals surface area contributed by atoms with Gasteiger partial charge in [-0.3, -0.25) is 4.79 Å². The molecule has 2 rings (SSSR count). The molecule has 1 N–H and O–H groups in total. The molecule has 1 aromatic carbocycles. The number of carbonyl (C=O) groups is 1. The van der Waals surface area contributed by atoms with Gasteiger partial charge in [0.1, 0.15) is 5.75 Å². The van der Waals surface area contributed by atoms with E-state index in [9.17, 15) is 4.79 Å². The Morgan fingerprint density at radius 2 is 2.14 bits per heavy atom. The molecule has 0 aromatic heterocycles. The normalized spacial score (nSPS) is 18.2. The first kappa shape index (κ1) is 15.8. The second-order valence-corrected chi connectivity index (χ2v) is 5.47. The molecule has 1 saturated heterocycles. The van der Waals surface area contributed by atoms with Crippen LogP contribution in [-0.4, -0.2) is 32.3 Å². The van der Waals surface area contributed by atoms with Crippen LogP contribution in [0.1, 0.15) is 31.7 Å². The van der Waals surface area contributed by atoms with Crippen LogP contribution in [-0.2, 0) is 16.0 Å². The maximum Gasteiger partial charge on any atom is 0.306 e. The summed E-state index contributed by atoms with van der Waals surface area (Å²) in [6.45, 7) is 5.23. The average molecular weight is 291 g/mol. The summed E-state index contributed by atoms with van der Waals surface area (Å²) in [6.07, 6.45) is 3.62. The molecule has 1 unspecified atom stereocenters. The molecule has 0 radical (unpaired) electrons. The van der Waals surface area contributed by atoms with Crippen molar-refractivity contribution < 1.29 is 14.3 Å². The first-order valence-electron chi connectivity index (χ1n) is 7.86. The zero-order valence-electron chi connectivity index (χ0n) is 12.8. The van der Waals surface area contributed by atoms with Crippen LogP contribution in [0.4, 0.5) is 0 Å². The fraction of sp³-hybridized carbons (Fsp3) is 0.588. The zero-order valence-corrected chi connectivity index (χ0v) is 12.8. The predicted octanol–water partition coefficient (Wildman–Crippen LogP) is 2.56. The molecular weight excluding hydrogens is 266 g/mol. The molecule has 4 heteroatoms. The fourth-order valence-corrected chi connectivity index (χ4v) is 2.51. The first-order valence-corrected chi connectivity index (χ1v) is 7.86. The highest BCUT2D eigenvalue weighted by molar-refractivity contribution is 5.69. The van der Waals surface area contributed by atoms with Crippen molar-refractivity contribution in [2.45, 2.75) is 32.6 Å². The van der Waals surface area contributed by atoms with E-state index in [0.717, 1.165) is 31.0 Å². The van der Waals surface area contributed by atoms with Crippen molar-refractivity contribution in [2.24, 2.45) is 5.92 Å². The van der Waals surface area contributed by atoms with Gasteiger partial charge >= 0.3 is 5.97 Å². The smallest absolute Gasteiger partial charge is 0.306 e. The number of ether oxygens (including phenoxy) is 2. The highest BCUT2D eigenvalue weighted by atomic mass is 16.5. The molecule has 0 spiro atoms. The van der Waals surface area contributed by atoms with Gasteiger partial charge in [-0.15, -0.1) is 0 Å². The average Bonchev–Trinajstić information content (AvgIpc) is 2.53. The van der Waals surface area contributed by atoms with Crippen molar-refractivity contribution in [3.05, 3.63) is 29.8 Å². The fourth-order valence-electron chi connectivity index (χ4n) is 2.51. The number of hydrogen-bond acceptors (Lipinski definition) is 4. The molecule has 1 aliphatic heterocycles. The van der Waals surface area contributed by atoms with Gasteiger partial charge in [-0.05, 0) is 50.4 Å². The van der Waals surface area contributed by atoms with E-state index in [1.807, 2.05) is 31.2 Å². The number of esters is 1. The third-order valence-corrected chi connectivity index (χ3v) is 3.73. The number of nitrogens with one attached hydrogen (secondary N) is 1. The molecule has 4 nitrogen and oxygen atoms in total. The largest absolute Gasteiger partial charge is 0.493 e. The predicted molar refractivity (Wildman–Crippen MR) is 82.5 cm³/mol. The van der Waals surface area contributed by atoms with E-state index < -0.39 is 0 Å². The Labute approximate surface area is 126 Å². The summed E-state index contributed by atoms with van der Waals surface area (Å²) in [4.78, 5) is 11.3. The third-order valence-electron chi connectivity index (χ3n) is 3.73. The lowest BCUT2D eigenvalue weighted by atomic mass is 10.0. The minimum atomic E-state index is -0.136. The Balaban J connectivity index is 1.72. The molecule has 1 fully saturated rings. The lowest BCUT2D eigenvalue weighted by molar-refractivity contribution is -0.143. The number of carbonyl (C=O) groups excluding carboxylic acids is 1. The molecular formula is C17H25NO3. The molecule has 1 aliphatic rings. The summed E-state index contributed by atoms with van der Waals surface area (Å²) in [5.74, 6) is 1.38. The van der Waals surface area contributed by atoms with Crippen LogP contribution in [0.5, 0.6) is 5.75 Å². The number of benzene rings is 1. The summed E-state index contributed by atoms with van der Waals surface area (Å²) in [5, 5.41) is 3.39. The van der Waals surface area contributed by atoms with Gasteiger partial charge in [0.05, 0.1) is 13.2 Å². The highest BCUT2D eigenvalue weighted by Gasteiger charge is 2.13. The van der Waals surface area contributed by atoms with Gasteiger partial charge in [0.25, 0.3) is 0 Å². The summed E-state index contributed by atoms with van der Waals surface area (Å²) in [5.41, 5.74) is 1.13. The van der Waals surface area contributed by atoms with Crippen LogP contribution in [0, 0.1) is 5.92 Å². The molecule has 116 valence electrons. The summed E-state index contributed by atoms with van der Waals surface area (Å²) in [7, 11) is 0. The molecule has 0 amide bonds. The topological polar surface area (TPSA) is 47.6 Å². The number of piperidine rings is 1. The Kier molecular flexibility index (Phi) is 6.54. The van der Waals surface area contributed by atoms with Crippen molar-refractivity contribution >= 4 is 5.97 Å². The van der Waals surface area contributed by atoms with E-state index in [1.165, 1.54) is 12.8 Å². The SMILES string of the molecule is CCOC(=O)CCc1ccc(OCC2CCCNC2)cc1. The summed E-state index contributed by atoms with van der Waals surface area (Å²) >= 11 is 0. The lowest BCUT2D eigenvalue weighted by Gasteiger charge is -2.22. The minimum Gasteiger partial charge on any atom is -0.493 e. The first-order chi connectivity index (χ1) is 10.3. The standard InChI is InChI=1S/C17H25NO3/c1-2-20-17(19)10-7-14-5-8-16(9-6-14)21-13-15-4-3-11-18-12-15/h5-6,8-9,15,18H,2-4,7,10-13H2,1H3. The molecule has 21 heavy (non-hydrogen) atoms.